The summed E-state index contributed by atoms with van der Waals surface area (Å²) in [4.78, 5) is 11.0. The van der Waals surface area contributed by atoms with Crippen molar-refractivity contribution in [2.75, 3.05) is 25.4 Å². The summed E-state index contributed by atoms with van der Waals surface area (Å²) in [5.74, 6) is 0.751. The van der Waals surface area contributed by atoms with Crippen molar-refractivity contribution in [3.63, 3.8) is 0 Å². The molecule has 0 saturated heterocycles. The predicted molar refractivity (Wildman–Crippen MR) is 54.6 cm³/mol. The van der Waals surface area contributed by atoms with Gasteiger partial charge in [0.05, 0.1) is 6.54 Å². The maximum Gasteiger partial charge on any atom is 0.233 e. The van der Waals surface area contributed by atoms with E-state index in [2.05, 4.69) is 30.2 Å². The van der Waals surface area contributed by atoms with Crippen LogP contribution in [0.4, 0.5) is 0 Å². The summed E-state index contributed by atoms with van der Waals surface area (Å²) < 4.78 is 0. The Morgan fingerprint density at radius 3 is 2.75 bits per heavy atom. The molecule has 2 N–H and O–H groups in total. The number of hydrogen-bond acceptors (Lipinski definition) is 3. The van der Waals surface area contributed by atoms with Crippen molar-refractivity contribution in [1.29, 1.82) is 0 Å². The molecule has 0 radical (unpaired) electrons. The molecule has 0 bridgehead atoms. The topological polar surface area (TPSA) is 41.1 Å². The van der Waals surface area contributed by atoms with Gasteiger partial charge in [0.1, 0.15) is 0 Å². The second-order valence-corrected chi connectivity index (χ2v) is 3.05. The lowest BCUT2D eigenvalue weighted by Gasteiger charge is -2.04. The van der Waals surface area contributed by atoms with E-state index in [0.717, 1.165) is 19.4 Å². The van der Waals surface area contributed by atoms with Crippen LogP contribution in [-0.2, 0) is 4.79 Å². The first-order valence-corrected chi connectivity index (χ1v) is 5.02. The minimum absolute atomic E-state index is 0.0557. The lowest BCUT2D eigenvalue weighted by molar-refractivity contribution is -0.120. The Bertz CT molecular complexity index is 120. The van der Waals surface area contributed by atoms with Gasteiger partial charge in [0.15, 0.2) is 0 Å². The Morgan fingerprint density at radius 1 is 1.42 bits per heavy atom. The van der Waals surface area contributed by atoms with E-state index in [0.29, 0.717) is 18.8 Å². The van der Waals surface area contributed by atoms with E-state index < -0.39 is 0 Å². The molecular weight excluding hydrogens is 172 g/mol. The van der Waals surface area contributed by atoms with Gasteiger partial charge in [-0.25, -0.2) is 0 Å². The third-order valence-electron chi connectivity index (χ3n) is 1.43. The highest BCUT2D eigenvalue weighted by atomic mass is 32.1. The molecular formula is C8H18N2OS. The first kappa shape index (κ1) is 11.8. The standard InChI is InChI=1S/C8H18N2OS/c1-2-3-4-9-7-8(11)10-5-6-12/h9,12H,2-7H2,1H3,(H,10,11). The Balaban J connectivity index is 3.08. The normalized spacial score (nSPS) is 9.83. The first-order chi connectivity index (χ1) is 5.81. The van der Waals surface area contributed by atoms with Gasteiger partial charge >= 0.3 is 0 Å². The molecule has 0 aromatic rings. The van der Waals surface area contributed by atoms with Crippen molar-refractivity contribution in [1.82, 2.24) is 10.6 Å². The van der Waals surface area contributed by atoms with Crippen LogP contribution in [0.15, 0.2) is 0 Å². The average Bonchev–Trinajstić information content (AvgIpc) is 2.09. The molecule has 0 atom stereocenters. The molecule has 0 aromatic heterocycles. The average molecular weight is 190 g/mol. The highest BCUT2D eigenvalue weighted by molar-refractivity contribution is 7.80. The van der Waals surface area contributed by atoms with Crippen molar-refractivity contribution in [3.05, 3.63) is 0 Å². The molecule has 0 unspecified atom stereocenters. The summed E-state index contributed by atoms with van der Waals surface area (Å²) in [6.45, 7) is 4.12. The number of unbranched alkanes of at least 4 members (excludes halogenated alkanes) is 1. The van der Waals surface area contributed by atoms with E-state index >= 15 is 0 Å². The summed E-state index contributed by atoms with van der Waals surface area (Å²) in [6.07, 6.45) is 2.28. The van der Waals surface area contributed by atoms with E-state index in [1.54, 1.807) is 0 Å². The largest absolute Gasteiger partial charge is 0.354 e. The molecule has 0 spiro atoms. The Labute approximate surface area is 79.7 Å². The van der Waals surface area contributed by atoms with Crippen molar-refractivity contribution in [2.24, 2.45) is 0 Å². The van der Waals surface area contributed by atoms with Gasteiger partial charge < -0.3 is 10.6 Å². The van der Waals surface area contributed by atoms with E-state index in [9.17, 15) is 4.79 Å². The van der Waals surface area contributed by atoms with E-state index in [1.807, 2.05) is 0 Å². The minimum atomic E-state index is 0.0557. The molecule has 1 amide bonds. The van der Waals surface area contributed by atoms with Gasteiger partial charge in [0, 0.05) is 12.3 Å². The second kappa shape index (κ2) is 8.87. The van der Waals surface area contributed by atoms with Crippen LogP contribution < -0.4 is 10.6 Å². The van der Waals surface area contributed by atoms with Crippen molar-refractivity contribution < 1.29 is 4.79 Å². The number of hydrogen-bond donors (Lipinski definition) is 3. The highest BCUT2D eigenvalue weighted by Crippen LogP contribution is 1.81. The zero-order valence-corrected chi connectivity index (χ0v) is 8.49. The van der Waals surface area contributed by atoms with Crippen LogP contribution in [0.25, 0.3) is 0 Å². The number of nitrogens with one attached hydrogen (secondary N) is 2. The number of amides is 1. The molecule has 72 valence electrons. The van der Waals surface area contributed by atoms with Gasteiger partial charge in [-0.1, -0.05) is 13.3 Å². The van der Waals surface area contributed by atoms with Crippen molar-refractivity contribution in [2.45, 2.75) is 19.8 Å². The Kier molecular flexibility index (Phi) is 8.71. The van der Waals surface area contributed by atoms with E-state index in [4.69, 9.17) is 0 Å². The summed E-state index contributed by atoms with van der Waals surface area (Å²) in [5.41, 5.74) is 0. The Morgan fingerprint density at radius 2 is 2.17 bits per heavy atom. The van der Waals surface area contributed by atoms with Crippen molar-refractivity contribution in [3.8, 4) is 0 Å². The maximum atomic E-state index is 11.0. The molecule has 0 aliphatic rings. The fraction of sp³-hybridized carbons (Fsp3) is 0.875. The zero-order chi connectivity index (χ0) is 9.23. The molecule has 0 heterocycles. The van der Waals surface area contributed by atoms with Gasteiger partial charge in [-0.2, -0.15) is 12.6 Å². The Hall–Kier alpha value is -0.220. The van der Waals surface area contributed by atoms with Gasteiger partial charge in [-0.3, -0.25) is 4.79 Å². The van der Waals surface area contributed by atoms with Crippen LogP contribution >= 0.6 is 12.6 Å². The van der Waals surface area contributed by atoms with Gasteiger partial charge in [-0.15, -0.1) is 0 Å². The number of thiol groups is 1. The van der Waals surface area contributed by atoms with Crippen LogP contribution in [0, 0.1) is 0 Å². The molecule has 0 rings (SSSR count). The highest BCUT2D eigenvalue weighted by Gasteiger charge is 1.96. The number of rotatable bonds is 7. The van der Waals surface area contributed by atoms with Gasteiger partial charge in [-0.05, 0) is 13.0 Å². The summed E-state index contributed by atoms with van der Waals surface area (Å²) in [5, 5.41) is 5.79. The molecule has 4 heteroatoms. The maximum absolute atomic E-state index is 11.0. The third kappa shape index (κ3) is 7.88. The second-order valence-electron chi connectivity index (χ2n) is 2.60. The first-order valence-electron chi connectivity index (χ1n) is 4.39. The molecule has 0 fully saturated rings. The summed E-state index contributed by atoms with van der Waals surface area (Å²) in [6, 6.07) is 0. The van der Waals surface area contributed by atoms with Crippen LogP contribution in [0.1, 0.15) is 19.8 Å². The van der Waals surface area contributed by atoms with E-state index in [-0.39, 0.29) is 5.91 Å². The smallest absolute Gasteiger partial charge is 0.233 e. The third-order valence-corrected chi connectivity index (χ3v) is 1.65. The quantitative estimate of drug-likeness (QED) is 0.402. The van der Waals surface area contributed by atoms with E-state index in [1.165, 1.54) is 0 Å². The monoisotopic (exact) mass is 190 g/mol. The van der Waals surface area contributed by atoms with Gasteiger partial charge in [0.25, 0.3) is 0 Å². The lowest BCUT2D eigenvalue weighted by atomic mass is 10.3. The molecule has 0 aliphatic heterocycles. The fourth-order valence-corrected chi connectivity index (χ4v) is 0.873. The number of carbonyl (C=O) groups excluding carboxylic acids is 1. The van der Waals surface area contributed by atoms with Crippen LogP contribution in [-0.4, -0.2) is 31.3 Å². The SMILES string of the molecule is CCCCNCC(=O)NCCS. The summed E-state index contributed by atoms with van der Waals surface area (Å²) in [7, 11) is 0. The zero-order valence-electron chi connectivity index (χ0n) is 7.60. The van der Waals surface area contributed by atoms with Gasteiger partial charge in [0.2, 0.25) is 5.91 Å². The van der Waals surface area contributed by atoms with Crippen LogP contribution in [0.5, 0.6) is 0 Å². The molecule has 0 aromatic carbocycles. The fourth-order valence-electron chi connectivity index (χ4n) is 0.762. The van der Waals surface area contributed by atoms with Crippen LogP contribution in [0.3, 0.4) is 0 Å². The van der Waals surface area contributed by atoms with Crippen LogP contribution in [0.2, 0.25) is 0 Å². The lowest BCUT2D eigenvalue weighted by Crippen LogP contribution is -2.35. The summed E-state index contributed by atoms with van der Waals surface area (Å²) >= 11 is 3.98. The molecule has 12 heavy (non-hydrogen) atoms. The van der Waals surface area contributed by atoms with Crippen molar-refractivity contribution >= 4 is 18.5 Å². The predicted octanol–water partition coefficient (Wildman–Crippen LogP) is 0.422. The molecule has 3 nitrogen and oxygen atoms in total. The minimum Gasteiger partial charge on any atom is -0.354 e. The molecule has 0 saturated carbocycles. The molecule has 0 aliphatic carbocycles. The number of carbonyl (C=O) groups is 1.